The lowest BCUT2D eigenvalue weighted by atomic mass is 9.74. The Kier molecular flexibility index (Phi) is 48.5. The molecule has 0 spiro atoms. The van der Waals surface area contributed by atoms with Gasteiger partial charge in [0.1, 0.15) is 12.7 Å². The van der Waals surface area contributed by atoms with Crippen LogP contribution in [0.4, 0.5) is 0 Å². The van der Waals surface area contributed by atoms with E-state index in [1.807, 2.05) is 19.0 Å². The van der Waals surface area contributed by atoms with E-state index >= 15 is 0 Å². The number of unbranched alkanes of at least 4 members (excludes halogenated alkanes) is 19. The van der Waals surface area contributed by atoms with E-state index in [1.54, 1.807) is 6.92 Å². The number of ether oxygens (including phenoxy) is 2. The smallest absolute Gasteiger partial charge is 0.309 e. The molecular weight excluding hydrogens is 859 g/mol. The summed E-state index contributed by atoms with van der Waals surface area (Å²) in [5.41, 5.74) is -0.805. The molecule has 0 bridgehead atoms. The number of carboxylic acids is 3. The van der Waals surface area contributed by atoms with Gasteiger partial charge in [0.25, 0.3) is 0 Å². The second-order valence-corrected chi connectivity index (χ2v) is 19.0. The number of hydrogen-bond donors (Lipinski definition) is 3. The summed E-state index contributed by atoms with van der Waals surface area (Å²) in [4.78, 5) is 59.5. The quantitative estimate of drug-likeness (QED) is 0.0302. The van der Waals surface area contributed by atoms with Gasteiger partial charge in [0, 0.05) is 25.7 Å². The molecule has 0 aliphatic rings. The highest BCUT2D eigenvalue weighted by molar-refractivity contribution is 5.75. The van der Waals surface area contributed by atoms with Crippen molar-refractivity contribution in [1.82, 2.24) is 4.90 Å². The molecule has 0 amide bonds. The fourth-order valence-electron chi connectivity index (χ4n) is 7.86. The third-order valence-electron chi connectivity index (χ3n) is 12.0. The van der Waals surface area contributed by atoms with E-state index in [4.69, 9.17) is 19.7 Å². The number of carboxylic acid groups (broad SMARTS) is 3. The number of nitrogens with zero attached hydrogens (tertiary/aromatic N) is 1. The molecule has 0 saturated carbocycles. The maximum atomic E-state index is 12.9. The Bertz CT molecular complexity index is 1290. The third kappa shape index (κ3) is 48.7. The van der Waals surface area contributed by atoms with E-state index in [9.17, 15) is 29.1 Å². The van der Waals surface area contributed by atoms with Crippen molar-refractivity contribution in [3.63, 3.8) is 0 Å². The predicted molar refractivity (Wildman–Crippen MR) is 280 cm³/mol. The van der Waals surface area contributed by atoms with Crippen molar-refractivity contribution in [1.29, 1.82) is 0 Å². The van der Waals surface area contributed by atoms with Crippen LogP contribution in [0.2, 0.25) is 0 Å². The van der Waals surface area contributed by atoms with Gasteiger partial charge in [0.15, 0.2) is 0 Å². The molecule has 0 aromatic carbocycles. The number of rotatable bonds is 47. The lowest BCUT2D eigenvalue weighted by Gasteiger charge is -2.30. The van der Waals surface area contributed by atoms with Crippen LogP contribution in [0.1, 0.15) is 245 Å². The number of hydrogen-bond acceptors (Lipinski definition) is 8. The van der Waals surface area contributed by atoms with E-state index in [1.165, 1.54) is 89.9 Å². The van der Waals surface area contributed by atoms with Gasteiger partial charge in [-0.3, -0.25) is 24.0 Å². The Morgan fingerprint density at radius 1 is 0.471 bits per heavy atom. The van der Waals surface area contributed by atoms with Gasteiger partial charge in [-0.25, -0.2) is 0 Å². The minimum atomic E-state index is -0.870. The van der Waals surface area contributed by atoms with E-state index in [0.717, 1.165) is 77.2 Å². The minimum absolute atomic E-state index is 0.0159. The molecule has 0 saturated heterocycles. The Labute approximate surface area is 415 Å². The van der Waals surface area contributed by atoms with Crippen molar-refractivity contribution in [2.24, 2.45) is 5.41 Å². The van der Waals surface area contributed by atoms with E-state index in [0.29, 0.717) is 44.9 Å². The van der Waals surface area contributed by atoms with Crippen molar-refractivity contribution < 1.29 is 48.8 Å². The second kappa shape index (κ2) is 49.7. The van der Waals surface area contributed by atoms with Crippen LogP contribution >= 0.6 is 0 Å². The first-order chi connectivity index (χ1) is 32.8. The Morgan fingerprint density at radius 2 is 0.853 bits per heavy atom. The highest BCUT2D eigenvalue weighted by atomic mass is 16.6. The first-order valence-electron chi connectivity index (χ1n) is 27.1. The molecule has 0 aromatic heterocycles. The molecule has 1 unspecified atom stereocenters. The largest absolute Gasteiger partial charge is 0.481 e. The number of aliphatic carboxylic acids is 3. The number of esters is 2. The number of carbonyl (C=O) groups is 5. The molecule has 11 nitrogen and oxygen atoms in total. The van der Waals surface area contributed by atoms with Gasteiger partial charge < -0.3 is 29.7 Å². The first-order valence-corrected chi connectivity index (χ1v) is 27.1. The molecule has 68 heavy (non-hydrogen) atoms. The molecular formula is C57H101NO10. The average Bonchev–Trinajstić information content (AvgIpc) is 3.29. The molecule has 0 aromatic rings. The molecule has 0 aliphatic carbocycles. The standard InChI is InChI=1S/C51H91NO6.C6H10O4/c1-6-8-10-12-14-16-18-20-22-24-26-28-30-32-34-36-42-51(50(55)56,43-37-35-33-31-29-27-25-23-21-19-17-15-13-11-9-7-2)44-38-40-48(53)57-46-47(3)58-49(54)41-39-45-52(4)5;7-5(8)3-1-2-4-6(9)10/h14-17,20-23,47H,6-13,18-19,24-46H2,1-5H3,(H,55,56);1-4H2,(H,7,8)(H,9,10)/b16-14+,17-15+,22-20+,23-21+;. The maximum Gasteiger partial charge on any atom is 0.309 e. The van der Waals surface area contributed by atoms with Gasteiger partial charge in [0.2, 0.25) is 0 Å². The summed E-state index contributed by atoms with van der Waals surface area (Å²) in [6.07, 6.45) is 50.2. The minimum Gasteiger partial charge on any atom is -0.481 e. The molecule has 0 fully saturated rings. The fourth-order valence-corrected chi connectivity index (χ4v) is 7.86. The molecule has 0 rings (SSSR count). The zero-order chi connectivity index (χ0) is 50.8. The predicted octanol–water partition coefficient (Wildman–Crippen LogP) is 15.2. The first kappa shape index (κ1) is 66.4. The normalized spacial score (nSPS) is 12.3. The molecule has 0 heterocycles. The Morgan fingerprint density at radius 3 is 1.25 bits per heavy atom. The van der Waals surface area contributed by atoms with Crippen LogP contribution in [0.15, 0.2) is 48.6 Å². The Balaban J connectivity index is 0. The van der Waals surface area contributed by atoms with Gasteiger partial charge in [-0.15, -0.1) is 0 Å². The fraction of sp³-hybridized carbons (Fsp3) is 0.772. The monoisotopic (exact) mass is 960 g/mol. The van der Waals surface area contributed by atoms with Crippen LogP contribution in [0.25, 0.3) is 0 Å². The van der Waals surface area contributed by atoms with Gasteiger partial charge in [-0.05, 0) is 137 Å². The van der Waals surface area contributed by atoms with Crippen molar-refractivity contribution in [2.45, 2.75) is 252 Å². The van der Waals surface area contributed by atoms with Gasteiger partial charge in [0.05, 0.1) is 5.41 Å². The summed E-state index contributed by atoms with van der Waals surface area (Å²) in [5.74, 6) is -3.11. The Hall–Kier alpha value is -3.73. The highest BCUT2D eigenvalue weighted by Crippen LogP contribution is 2.38. The van der Waals surface area contributed by atoms with Crippen LogP contribution in [-0.4, -0.2) is 83.4 Å². The summed E-state index contributed by atoms with van der Waals surface area (Å²) in [5, 5.41) is 26.9. The van der Waals surface area contributed by atoms with Crippen molar-refractivity contribution in [3.05, 3.63) is 48.6 Å². The van der Waals surface area contributed by atoms with Crippen molar-refractivity contribution in [2.75, 3.05) is 27.2 Å². The number of carbonyl (C=O) groups excluding carboxylic acids is 2. The van der Waals surface area contributed by atoms with Crippen LogP contribution < -0.4 is 0 Å². The SMILES string of the molecule is CCCCC/C=C/C/C=C/CCCCCCCCC(CCCCCCCC/C=C/C/C=C/CCCCC)(CCCC(=O)OCC(C)OC(=O)CCCN(C)C)C(=O)O.O=C(O)CCCCC(=O)O. The van der Waals surface area contributed by atoms with Crippen LogP contribution in [0.3, 0.4) is 0 Å². The highest BCUT2D eigenvalue weighted by Gasteiger charge is 2.37. The summed E-state index contributed by atoms with van der Waals surface area (Å²) >= 11 is 0. The lowest BCUT2D eigenvalue weighted by Crippen LogP contribution is -2.31. The molecule has 0 radical (unpaired) electrons. The van der Waals surface area contributed by atoms with Crippen LogP contribution in [-0.2, 0) is 33.4 Å². The van der Waals surface area contributed by atoms with Crippen molar-refractivity contribution >= 4 is 29.8 Å². The second-order valence-electron chi connectivity index (χ2n) is 19.0. The zero-order valence-electron chi connectivity index (χ0n) is 44.0. The molecule has 1 atom stereocenters. The van der Waals surface area contributed by atoms with Crippen molar-refractivity contribution in [3.8, 4) is 0 Å². The van der Waals surface area contributed by atoms with E-state index in [-0.39, 0.29) is 37.8 Å². The number of allylic oxidation sites excluding steroid dienone is 8. The van der Waals surface area contributed by atoms with E-state index in [2.05, 4.69) is 62.5 Å². The average molecular weight is 960 g/mol. The topological polar surface area (TPSA) is 168 Å². The van der Waals surface area contributed by atoms with Crippen LogP contribution in [0.5, 0.6) is 0 Å². The van der Waals surface area contributed by atoms with Gasteiger partial charge >= 0.3 is 29.8 Å². The molecule has 3 N–H and O–H groups in total. The van der Waals surface area contributed by atoms with Gasteiger partial charge in [-0.1, -0.05) is 152 Å². The lowest BCUT2D eigenvalue weighted by molar-refractivity contribution is -0.158. The summed E-state index contributed by atoms with van der Waals surface area (Å²) < 4.78 is 10.8. The van der Waals surface area contributed by atoms with E-state index < -0.39 is 29.4 Å². The molecule has 0 aliphatic heterocycles. The van der Waals surface area contributed by atoms with Crippen LogP contribution in [0, 0.1) is 5.41 Å². The van der Waals surface area contributed by atoms with Gasteiger partial charge in [-0.2, -0.15) is 0 Å². The maximum absolute atomic E-state index is 12.9. The summed E-state index contributed by atoms with van der Waals surface area (Å²) in [6.45, 7) is 7.03. The zero-order valence-corrected chi connectivity index (χ0v) is 44.0. The third-order valence-corrected chi connectivity index (χ3v) is 12.0. The summed E-state index contributed by atoms with van der Waals surface area (Å²) in [6, 6.07) is 0. The molecule has 11 heteroatoms. The summed E-state index contributed by atoms with van der Waals surface area (Å²) in [7, 11) is 3.93. The molecule has 394 valence electrons.